The Morgan fingerprint density at radius 3 is 2.69 bits per heavy atom. The van der Waals surface area contributed by atoms with Gasteiger partial charge < -0.3 is 14.6 Å². The number of ether oxygens (including phenoxy) is 1. The summed E-state index contributed by atoms with van der Waals surface area (Å²) in [7, 11) is 1.71. The molecule has 3 heterocycles. The Kier molecular flexibility index (Phi) is 5.82. The van der Waals surface area contributed by atoms with Crippen LogP contribution in [0.4, 0.5) is 4.39 Å². The average Bonchev–Trinajstić information content (AvgIpc) is 3.41. The van der Waals surface area contributed by atoms with Gasteiger partial charge in [-0.05, 0) is 73.6 Å². The second kappa shape index (κ2) is 9.13. The van der Waals surface area contributed by atoms with Crippen molar-refractivity contribution in [3.05, 3.63) is 83.3 Å². The van der Waals surface area contributed by atoms with Crippen LogP contribution >= 0.6 is 0 Å². The van der Waals surface area contributed by atoms with Crippen molar-refractivity contribution >= 4 is 6.08 Å². The molecular weight excluding hydrogens is 441 g/mol. The molecule has 6 rings (SSSR count). The third-order valence-electron chi connectivity index (χ3n) is 7.40. The maximum Gasteiger partial charge on any atom is 0.143 e. The van der Waals surface area contributed by atoms with Crippen LogP contribution in [-0.2, 0) is 0 Å². The number of aryl methyl sites for hydroxylation is 1. The molecule has 1 aromatic heterocycles. The van der Waals surface area contributed by atoms with Gasteiger partial charge in [0.15, 0.2) is 0 Å². The lowest BCUT2D eigenvalue weighted by Gasteiger charge is -2.44. The van der Waals surface area contributed by atoms with Crippen molar-refractivity contribution in [2.45, 2.75) is 38.5 Å². The Bertz CT molecular complexity index is 1230. The van der Waals surface area contributed by atoms with E-state index < -0.39 is 0 Å². The number of rotatable bonds is 6. The van der Waals surface area contributed by atoms with Gasteiger partial charge in [-0.1, -0.05) is 18.2 Å². The first-order chi connectivity index (χ1) is 17.1. The molecular formula is C28H32FN5O. The number of methoxy groups -OCH3 is 1. The molecule has 6 nitrogen and oxygen atoms in total. The van der Waals surface area contributed by atoms with Gasteiger partial charge in [0.05, 0.1) is 24.8 Å². The zero-order valence-corrected chi connectivity index (χ0v) is 20.3. The minimum absolute atomic E-state index is 0.167. The Morgan fingerprint density at radius 1 is 1.14 bits per heavy atom. The summed E-state index contributed by atoms with van der Waals surface area (Å²) in [4.78, 5) is 9.46. The lowest BCUT2D eigenvalue weighted by atomic mass is 9.99. The molecule has 7 heteroatoms. The molecule has 0 amide bonds. The smallest absolute Gasteiger partial charge is 0.143 e. The normalized spacial score (nSPS) is 23.9. The fourth-order valence-electron chi connectivity index (χ4n) is 5.44. The van der Waals surface area contributed by atoms with Crippen LogP contribution in [0.5, 0.6) is 5.75 Å². The van der Waals surface area contributed by atoms with Crippen molar-refractivity contribution in [2.24, 2.45) is 5.92 Å². The van der Waals surface area contributed by atoms with Gasteiger partial charge in [-0.2, -0.15) is 0 Å². The van der Waals surface area contributed by atoms with Crippen LogP contribution in [-0.4, -0.2) is 52.4 Å². The van der Waals surface area contributed by atoms with E-state index >= 15 is 0 Å². The highest BCUT2D eigenvalue weighted by Gasteiger charge is 2.42. The standard InChI is InChI=1S/C28H32FN5O/c1-19-15-33(18-30-19)26-10-5-21(14-27(26)35-2)13-24-17-34-25(22-6-8-23(29)9-7-22)11-12-32(28(34)31-24)16-20-3-4-20/h5-10,13-15,18,20,25,28,31H,3-4,11-12,16-17H2,1-2H3/b24-13-/t25-,28?/m0/s1. The number of halogens is 1. The molecule has 0 spiro atoms. The number of imidazole rings is 1. The summed E-state index contributed by atoms with van der Waals surface area (Å²) >= 11 is 0. The number of nitrogens with one attached hydrogen (secondary N) is 1. The van der Waals surface area contributed by atoms with E-state index in [0.717, 1.165) is 54.7 Å². The van der Waals surface area contributed by atoms with E-state index in [1.807, 2.05) is 36.1 Å². The van der Waals surface area contributed by atoms with Crippen molar-refractivity contribution in [3.8, 4) is 11.4 Å². The Hall–Kier alpha value is -3.16. The van der Waals surface area contributed by atoms with Crippen LogP contribution in [0.25, 0.3) is 11.8 Å². The minimum Gasteiger partial charge on any atom is -0.495 e. The van der Waals surface area contributed by atoms with Crippen LogP contribution < -0.4 is 10.1 Å². The zero-order chi connectivity index (χ0) is 23.9. The molecule has 1 unspecified atom stereocenters. The molecule has 3 aromatic rings. The molecule has 0 bridgehead atoms. The second-order valence-corrected chi connectivity index (χ2v) is 10.0. The van der Waals surface area contributed by atoms with Gasteiger partial charge >= 0.3 is 0 Å². The van der Waals surface area contributed by atoms with Gasteiger partial charge in [-0.25, -0.2) is 9.37 Å². The lowest BCUT2D eigenvalue weighted by Crippen LogP contribution is -2.56. The third-order valence-corrected chi connectivity index (χ3v) is 7.40. The highest BCUT2D eigenvalue weighted by atomic mass is 19.1. The van der Waals surface area contributed by atoms with Crippen molar-refractivity contribution in [2.75, 3.05) is 26.7 Å². The predicted octanol–water partition coefficient (Wildman–Crippen LogP) is 4.72. The number of benzene rings is 2. The largest absolute Gasteiger partial charge is 0.495 e. The molecule has 3 fully saturated rings. The predicted molar refractivity (Wildman–Crippen MR) is 135 cm³/mol. The first-order valence-electron chi connectivity index (χ1n) is 12.5. The van der Waals surface area contributed by atoms with Crippen LogP contribution in [0.3, 0.4) is 0 Å². The van der Waals surface area contributed by atoms with Gasteiger partial charge in [0.2, 0.25) is 0 Å². The lowest BCUT2D eigenvalue weighted by molar-refractivity contribution is -0.0192. The molecule has 2 saturated heterocycles. The van der Waals surface area contributed by atoms with Crippen LogP contribution in [0, 0.1) is 18.7 Å². The van der Waals surface area contributed by atoms with E-state index in [1.165, 1.54) is 24.1 Å². The van der Waals surface area contributed by atoms with E-state index in [1.54, 1.807) is 19.2 Å². The third kappa shape index (κ3) is 4.58. The van der Waals surface area contributed by atoms with E-state index in [2.05, 4.69) is 44.4 Å². The van der Waals surface area contributed by atoms with Crippen LogP contribution in [0.15, 0.2) is 60.7 Å². The maximum atomic E-state index is 13.6. The molecule has 0 radical (unpaired) electrons. The minimum atomic E-state index is -0.181. The van der Waals surface area contributed by atoms with Crippen molar-refractivity contribution in [3.63, 3.8) is 0 Å². The Labute approximate surface area is 206 Å². The van der Waals surface area contributed by atoms with E-state index in [0.29, 0.717) is 0 Å². The Balaban J connectivity index is 1.28. The fourth-order valence-corrected chi connectivity index (χ4v) is 5.44. The second-order valence-electron chi connectivity index (χ2n) is 10.0. The molecule has 1 N–H and O–H groups in total. The summed E-state index contributed by atoms with van der Waals surface area (Å²) in [6.45, 7) is 5.00. The summed E-state index contributed by atoms with van der Waals surface area (Å²) in [6.07, 6.45) is 9.94. The summed E-state index contributed by atoms with van der Waals surface area (Å²) in [5.41, 5.74) is 5.41. The maximum absolute atomic E-state index is 13.6. The highest BCUT2D eigenvalue weighted by molar-refractivity contribution is 5.60. The molecule has 2 atom stereocenters. The van der Waals surface area contributed by atoms with Gasteiger partial charge in [-0.15, -0.1) is 0 Å². The van der Waals surface area contributed by atoms with Gasteiger partial charge in [0, 0.05) is 37.6 Å². The molecule has 182 valence electrons. The molecule has 1 saturated carbocycles. The van der Waals surface area contributed by atoms with E-state index in [9.17, 15) is 4.39 Å². The summed E-state index contributed by atoms with van der Waals surface area (Å²) in [5.74, 6) is 1.46. The monoisotopic (exact) mass is 473 g/mol. The van der Waals surface area contributed by atoms with Crippen LogP contribution in [0.1, 0.15) is 42.1 Å². The van der Waals surface area contributed by atoms with E-state index in [-0.39, 0.29) is 18.1 Å². The van der Waals surface area contributed by atoms with Crippen molar-refractivity contribution < 1.29 is 9.13 Å². The topological polar surface area (TPSA) is 45.6 Å². The SMILES string of the molecule is COc1cc(/C=C2/CN3C(N2)N(CC2CC2)CC[C@H]3c2ccc(F)cc2)ccc1-n1cnc(C)c1. The number of hydrogen-bond acceptors (Lipinski definition) is 5. The first-order valence-corrected chi connectivity index (χ1v) is 12.5. The van der Waals surface area contributed by atoms with Crippen molar-refractivity contribution in [1.82, 2.24) is 24.7 Å². The first kappa shape index (κ1) is 22.3. The van der Waals surface area contributed by atoms with Gasteiger partial charge in [0.25, 0.3) is 0 Å². The number of nitrogens with zero attached hydrogens (tertiary/aromatic N) is 4. The summed E-state index contributed by atoms with van der Waals surface area (Å²) < 4.78 is 21.3. The van der Waals surface area contributed by atoms with Crippen molar-refractivity contribution in [1.29, 1.82) is 0 Å². The summed E-state index contributed by atoms with van der Waals surface area (Å²) in [5, 5.41) is 3.81. The molecule has 3 aliphatic rings. The molecule has 2 aromatic carbocycles. The van der Waals surface area contributed by atoms with E-state index in [4.69, 9.17) is 4.74 Å². The number of hydrogen-bond donors (Lipinski definition) is 1. The highest BCUT2D eigenvalue weighted by Crippen LogP contribution is 2.38. The van der Waals surface area contributed by atoms with Crippen LogP contribution in [0.2, 0.25) is 0 Å². The molecule has 35 heavy (non-hydrogen) atoms. The zero-order valence-electron chi connectivity index (χ0n) is 20.3. The molecule has 1 aliphatic carbocycles. The summed E-state index contributed by atoms with van der Waals surface area (Å²) in [6, 6.07) is 13.6. The Morgan fingerprint density at radius 2 is 1.97 bits per heavy atom. The number of fused-ring (bicyclic) bond motifs is 1. The average molecular weight is 474 g/mol. The van der Waals surface area contributed by atoms with Gasteiger partial charge in [-0.3, -0.25) is 9.80 Å². The van der Waals surface area contributed by atoms with Gasteiger partial charge in [0.1, 0.15) is 17.9 Å². The number of aromatic nitrogens is 2. The quantitative estimate of drug-likeness (QED) is 0.562. The molecule has 2 aliphatic heterocycles. The fraction of sp³-hybridized carbons (Fsp3) is 0.393.